The minimum Gasteiger partial charge on any atom is -0.344 e. The minimum absolute atomic E-state index is 0.596. The predicted octanol–water partition coefficient (Wildman–Crippen LogP) is 4.98. The fourth-order valence-corrected chi connectivity index (χ4v) is 5.31. The number of nitrogens with zero attached hydrogens (tertiary/aromatic N) is 3. The zero-order valence-corrected chi connectivity index (χ0v) is 16.7. The van der Waals surface area contributed by atoms with E-state index in [9.17, 15) is 0 Å². The molecule has 2 atom stereocenters. The van der Waals surface area contributed by atoms with Gasteiger partial charge >= 0.3 is 0 Å². The van der Waals surface area contributed by atoms with Crippen LogP contribution in [0.1, 0.15) is 53.4 Å². The molecule has 0 N–H and O–H groups in total. The van der Waals surface area contributed by atoms with Crippen molar-refractivity contribution in [2.45, 2.75) is 64.6 Å². The van der Waals surface area contributed by atoms with Crippen LogP contribution in [-0.4, -0.2) is 27.5 Å². The lowest BCUT2D eigenvalue weighted by Gasteiger charge is -2.44. The number of piperidine rings is 1. The second-order valence-corrected chi connectivity index (χ2v) is 8.56. The van der Waals surface area contributed by atoms with Crippen LogP contribution in [0.4, 0.5) is 0 Å². The highest BCUT2D eigenvalue weighted by molar-refractivity contribution is 5.87. The summed E-state index contributed by atoms with van der Waals surface area (Å²) in [5.41, 5.74) is 8.43. The van der Waals surface area contributed by atoms with Crippen molar-refractivity contribution < 1.29 is 0 Å². The van der Waals surface area contributed by atoms with Gasteiger partial charge in [0.05, 0.1) is 0 Å². The molecular weight excluding hydrogens is 330 g/mol. The van der Waals surface area contributed by atoms with E-state index in [0.717, 1.165) is 18.7 Å². The Labute approximate surface area is 162 Å². The van der Waals surface area contributed by atoms with E-state index in [-0.39, 0.29) is 0 Å². The van der Waals surface area contributed by atoms with Crippen molar-refractivity contribution in [3.05, 3.63) is 64.6 Å². The SMILES string of the molecule is Cc1ccc2c(c1)c1c(n2CCc2ccc(C)nc2)CC2CCCC1N2C. The van der Waals surface area contributed by atoms with Gasteiger partial charge in [-0.1, -0.05) is 17.7 Å². The van der Waals surface area contributed by atoms with Crippen LogP contribution < -0.4 is 0 Å². The van der Waals surface area contributed by atoms with E-state index in [2.05, 4.69) is 65.7 Å². The van der Waals surface area contributed by atoms with Gasteiger partial charge in [0.1, 0.15) is 0 Å². The van der Waals surface area contributed by atoms with E-state index in [1.54, 1.807) is 11.3 Å². The average Bonchev–Trinajstić information content (AvgIpc) is 2.93. The number of likely N-dealkylation sites (N-methyl/N-ethyl adjacent to an activating group) is 1. The second-order valence-electron chi connectivity index (χ2n) is 8.56. The zero-order valence-electron chi connectivity index (χ0n) is 16.7. The normalized spacial score (nSPS) is 22.2. The first-order valence-corrected chi connectivity index (χ1v) is 10.4. The molecule has 0 amide bonds. The van der Waals surface area contributed by atoms with Gasteiger partial charge in [-0.05, 0) is 75.9 Å². The quantitative estimate of drug-likeness (QED) is 0.658. The molecule has 5 rings (SSSR count). The van der Waals surface area contributed by atoms with Crippen LogP contribution in [0.25, 0.3) is 10.9 Å². The number of aryl methyl sites for hydroxylation is 4. The zero-order chi connectivity index (χ0) is 18.5. The molecule has 0 saturated carbocycles. The van der Waals surface area contributed by atoms with Crippen molar-refractivity contribution in [3.8, 4) is 0 Å². The smallest absolute Gasteiger partial charge is 0.0486 e. The van der Waals surface area contributed by atoms with E-state index in [1.165, 1.54) is 47.7 Å². The highest BCUT2D eigenvalue weighted by atomic mass is 15.2. The van der Waals surface area contributed by atoms with Gasteiger partial charge in [-0.2, -0.15) is 0 Å². The molecule has 2 bridgehead atoms. The molecule has 0 aliphatic carbocycles. The summed E-state index contributed by atoms with van der Waals surface area (Å²) < 4.78 is 2.63. The van der Waals surface area contributed by atoms with E-state index < -0.39 is 0 Å². The Morgan fingerprint density at radius 3 is 2.81 bits per heavy atom. The Bertz CT molecular complexity index is 983. The summed E-state index contributed by atoms with van der Waals surface area (Å²) in [6.07, 6.45) is 8.29. The number of aromatic nitrogens is 2. The largest absolute Gasteiger partial charge is 0.344 e. The van der Waals surface area contributed by atoms with Crippen molar-refractivity contribution in [2.75, 3.05) is 7.05 Å². The van der Waals surface area contributed by atoms with E-state index >= 15 is 0 Å². The van der Waals surface area contributed by atoms with Crippen LogP contribution in [0.3, 0.4) is 0 Å². The highest BCUT2D eigenvalue weighted by Gasteiger charge is 2.38. The van der Waals surface area contributed by atoms with Crippen LogP contribution in [0.5, 0.6) is 0 Å². The maximum absolute atomic E-state index is 4.48. The molecule has 3 aromatic rings. The third-order valence-corrected chi connectivity index (χ3v) is 6.81. The third-order valence-electron chi connectivity index (χ3n) is 6.81. The summed E-state index contributed by atoms with van der Waals surface area (Å²) in [5, 5.41) is 1.49. The van der Waals surface area contributed by atoms with E-state index in [1.807, 2.05) is 6.20 Å². The number of hydrogen-bond acceptors (Lipinski definition) is 2. The molecule has 2 unspecified atom stereocenters. The van der Waals surface area contributed by atoms with Gasteiger partial charge < -0.3 is 4.57 Å². The molecule has 1 saturated heterocycles. The summed E-state index contributed by atoms with van der Waals surface area (Å²) in [4.78, 5) is 7.14. The van der Waals surface area contributed by atoms with Crippen molar-refractivity contribution in [1.29, 1.82) is 0 Å². The van der Waals surface area contributed by atoms with Crippen molar-refractivity contribution >= 4 is 10.9 Å². The topological polar surface area (TPSA) is 21.1 Å². The average molecular weight is 360 g/mol. The van der Waals surface area contributed by atoms with Crippen molar-refractivity contribution in [1.82, 2.24) is 14.5 Å². The molecule has 0 spiro atoms. The lowest BCUT2D eigenvalue weighted by atomic mass is 9.82. The van der Waals surface area contributed by atoms with Crippen LogP contribution in [0, 0.1) is 13.8 Å². The van der Waals surface area contributed by atoms with Crippen LogP contribution >= 0.6 is 0 Å². The molecule has 2 aliphatic rings. The predicted molar refractivity (Wildman–Crippen MR) is 111 cm³/mol. The Morgan fingerprint density at radius 1 is 1.11 bits per heavy atom. The van der Waals surface area contributed by atoms with Gasteiger partial charge in [-0.25, -0.2) is 0 Å². The number of rotatable bonds is 3. The Morgan fingerprint density at radius 2 is 2.00 bits per heavy atom. The summed E-state index contributed by atoms with van der Waals surface area (Å²) in [5.74, 6) is 0. The van der Waals surface area contributed by atoms with Crippen molar-refractivity contribution in [2.24, 2.45) is 0 Å². The molecule has 0 radical (unpaired) electrons. The van der Waals surface area contributed by atoms with E-state index in [4.69, 9.17) is 0 Å². The molecule has 4 heterocycles. The van der Waals surface area contributed by atoms with Gasteiger partial charge in [0.2, 0.25) is 0 Å². The van der Waals surface area contributed by atoms with Gasteiger partial charge in [-0.3, -0.25) is 9.88 Å². The molecular formula is C24H29N3. The molecule has 140 valence electrons. The maximum Gasteiger partial charge on any atom is 0.0486 e. The highest BCUT2D eigenvalue weighted by Crippen LogP contribution is 2.45. The fraction of sp³-hybridized carbons (Fsp3) is 0.458. The first kappa shape index (κ1) is 17.0. The number of benzene rings is 1. The maximum atomic E-state index is 4.48. The van der Waals surface area contributed by atoms with Gasteiger partial charge in [0.25, 0.3) is 0 Å². The summed E-state index contributed by atoms with van der Waals surface area (Å²) in [6.45, 7) is 5.32. The fourth-order valence-electron chi connectivity index (χ4n) is 5.31. The number of fused-ring (bicyclic) bond motifs is 6. The standard InChI is InChI=1S/C24H29N3/c1-16-7-10-21-20(13-16)24-22-6-4-5-19(26(22)3)14-23(24)27(21)12-11-18-9-8-17(2)25-15-18/h7-10,13,15,19,22H,4-6,11-12,14H2,1-3H3. The molecule has 1 aromatic carbocycles. The first-order chi connectivity index (χ1) is 13.1. The lowest BCUT2D eigenvalue weighted by molar-refractivity contribution is 0.0988. The Balaban J connectivity index is 1.60. The molecule has 1 fully saturated rings. The molecule has 2 aromatic heterocycles. The van der Waals surface area contributed by atoms with Gasteiger partial charge in [0, 0.05) is 53.5 Å². The summed E-state index contributed by atoms with van der Waals surface area (Å²) in [7, 11) is 2.34. The number of pyridine rings is 1. The van der Waals surface area contributed by atoms with Gasteiger partial charge in [-0.15, -0.1) is 0 Å². The molecule has 2 aliphatic heterocycles. The lowest BCUT2D eigenvalue weighted by Crippen LogP contribution is -2.44. The minimum atomic E-state index is 0.596. The van der Waals surface area contributed by atoms with Crippen LogP contribution in [-0.2, 0) is 19.4 Å². The first-order valence-electron chi connectivity index (χ1n) is 10.4. The van der Waals surface area contributed by atoms with Crippen LogP contribution in [0.2, 0.25) is 0 Å². The second kappa shape index (κ2) is 6.49. The van der Waals surface area contributed by atoms with E-state index in [0.29, 0.717) is 12.1 Å². The van der Waals surface area contributed by atoms with Crippen molar-refractivity contribution in [3.63, 3.8) is 0 Å². The van der Waals surface area contributed by atoms with Crippen LogP contribution in [0.15, 0.2) is 36.5 Å². The number of hydrogen-bond donors (Lipinski definition) is 0. The summed E-state index contributed by atoms with van der Waals surface area (Å²) in [6, 6.07) is 12.7. The molecule has 3 heteroatoms. The Kier molecular flexibility index (Phi) is 4.08. The monoisotopic (exact) mass is 359 g/mol. The third kappa shape index (κ3) is 2.80. The molecule has 3 nitrogen and oxygen atoms in total. The molecule has 27 heavy (non-hydrogen) atoms. The van der Waals surface area contributed by atoms with Gasteiger partial charge in [0.15, 0.2) is 0 Å². The summed E-state index contributed by atoms with van der Waals surface area (Å²) >= 11 is 0. The Hall–Kier alpha value is -2.13.